The van der Waals surface area contributed by atoms with E-state index >= 15 is 0 Å². The molecule has 13 heteroatoms. The number of benzene rings is 1. The molecule has 7 rings (SSSR count). The van der Waals surface area contributed by atoms with Gasteiger partial charge in [-0.05, 0) is 69.0 Å². The minimum Gasteiger partial charge on any atom is -0.463 e. The standard InChI is InChI=1S/C39H59N5O8/c45-35-13-7-12-30(24-44-18-20-50-21-19-44)52-39(49)36(46)31(22-27-8-3-1-4-9-27)41-38(48)34(26-51-35)42-37(47)32(23-28-10-5-2-6-11-28)40-33-25-43-16-14-29(33)15-17-43/h2,5-6,10-11,27,29-34,36,40,46H,1,3-4,7-9,12-26H2,(H,41,48)(H,42,47)/t30-,31+,32+,33-,34+,36-/m1/s1/i2T. The Kier molecular flexibility index (Phi) is 13.8. The molecule has 0 aromatic heterocycles. The van der Waals surface area contributed by atoms with Crippen molar-refractivity contribution < 1.29 is 39.9 Å². The van der Waals surface area contributed by atoms with Gasteiger partial charge in [0.05, 0.1) is 26.7 Å². The van der Waals surface area contributed by atoms with Gasteiger partial charge in [-0.15, -0.1) is 0 Å². The maximum Gasteiger partial charge on any atom is 0.337 e. The summed E-state index contributed by atoms with van der Waals surface area (Å²) in [5.41, 5.74) is 0.873. The number of ether oxygens (including phenoxy) is 3. The van der Waals surface area contributed by atoms with Crippen LogP contribution in [0.3, 0.4) is 0 Å². The molecule has 52 heavy (non-hydrogen) atoms. The summed E-state index contributed by atoms with van der Waals surface area (Å²) in [6, 6.07) is 4.62. The van der Waals surface area contributed by atoms with Gasteiger partial charge in [0.15, 0.2) is 6.10 Å². The first kappa shape index (κ1) is 37.2. The van der Waals surface area contributed by atoms with E-state index in [-0.39, 0.29) is 25.0 Å². The summed E-state index contributed by atoms with van der Waals surface area (Å²) in [5, 5.41) is 20.9. The second-order valence-electron chi connectivity index (χ2n) is 15.5. The molecule has 1 saturated carbocycles. The largest absolute Gasteiger partial charge is 0.463 e. The van der Waals surface area contributed by atoms with Crippen LogP contribution in [0.1, 0.15) is 77.6 Å². The van der Waals surface area contributed by atoms with Crippen molar-refractivity contribution in [2.75, 3.05) is 59.1 Å². The molecule has 5 heterocycles. The SMILES string of the molecule is [3H]c1ccc(C[C@H](N[C@@H]2CN3CCC2CC3)C(=O)N[C@H]2COC(=O)CCC[C@H](CN3CCOCC3)OC(=O)[C@H](O)[C@H](CC3CCCCC3)NC2=O)cc1. The van der Waals surface area contributed by atoms with Gasteiger partial charge < -0.3 is 40.2 Å². The van der Waals surface area contributed by atoms with E-state index in [1.165, 1.54) is 0 Å². The Morgan fingerprint density at radius 1 is 1.00 bits per heavy atom. The third kappa shape index (κ3) is 11.2. The number of morpholine rings is 1. The number of amides is 2. The maximum atomic E-state index is 14.2. The number of hydrogen-bond donors (Lipinski definition) is 4. The van der Waals surface area contributed by atoms with Crippen molar-refractivity contribution in [2.24, 2.45) is 11.8 Å². The number of rotatable bonds is 10. The number of hydrogen-bond acceptors (Lipinski definition) is 11. The van der Waals surface area contributed by atoms with E-state index in [9.17, 15) is 24.3 Å². The lowest BCUT2D eigenvalue weighted by atomic mass is 9.83. The number of cyclic esters (lactones) is 2. The number of aliphatic hydroxyl groups is 1. The first-order chi connectivity index (χ1) is 25.7. The van der Waals surface area contributed by atoms with E-state index in [1.54, 1.807) is 12.1 Å². The van der Waals surface area contributed by atoms with Crippen LogP contribution < -0.4 is 16.0 Å². The van der Waals surface area contributed by atoms with Crippen molar-refractivity contribution in [3.63, 3.8) is 0 Å². The molecule has 6 atom stereocenters. The van der Waals surface area contributed by atoms with Crippen molar-refractivity contribution in [1.82, 2.24) is 25.8 Å². The average molecular weight is 728 g/mol. The monoisotopic (exact) mass is 727 g/mol. The van der Waals surface area contributed by atoms with E-state index < -0.39 is 54.1 Å². The molecular weight excluding hydrogens is 666 g/mol. The second kappa shape index (κ2) is 19.3. The number of nitrogens with zero attached hydrogens (tertiary/aromatic N) is 2. The summed E-state index contributed by atoms with van der Waals surface area (Å²) in [6.07, 6.45) is 6.57. The first-order valence-electron chi connectivity index (χ1n) is 20.2. The third-order valence-electron chi connectivity index (χ3n) is 11.7. The van der Waals surface area contributed by atoms with Gasteiger partial charge in [0.1, 0.15) is 18.8 Å². The molecule has 288 valence electrons. The molecule has 13 nitrogen and oxygen atoms in total. The van der Waals surface area contributed by atoms with E-state index in [2.05, 4.69) is 25.8 Å². The van der Waals surface area contributed by atoms with Gasteiger partial charge in [-0.1, -0.05) is 62.4 Å². The molecule has 1 aliphatic carbocycles. The lowest BCUT2D eigenvalue weighted by molar-refractivity contribution is -0.163. The van der Waals surface area contributed by atoms with Crippen molar-refractivity contribution >= 4 is 23.8 Å². The molecule has 2 amide bonds. The fraction of sp³-hybridized carbons (Fsp3) is 0.744. The molecule has 6 fully saturated rings. The predicted molar refractivity (Wildman–Crippen MR) is 193 cm³/mol. The van der Waals surface area contributed by atoms with Crippen LogP contribution >= 0.6 is 0 Å². The number of nitrogens with one attached hydrogen (secondary N) is 3. The van der Waals surface area contributed by atoms with Crippen molar-refractivity contribution in [3.05, 3.63) is 35.9 Å². The van der Waals surface area contributed by atoms with Gasteiger partial charge >= 0.3 is 11.9 Å². The van der Waals surface area contributed by atoms with Crippen LogP contribution in [0, 0.1) is 11.8 Å². The van der Waals surface area contributed by atoms with Crippen LogP contribution in [0.15, 0.2) is 30.3 Å². The lowest BCUT2D eigenvalue weighted by Gasteiger charge is -2.46. The van der Waals surface area contributed by atoms with E-state index in [0.29, 0.717) is 70.5 Å². The van der Waals surface area contributed by atoms with Gasteiger partial charge in [0, 0.05) is 38.6 Å². The maximum absolute atomic E-state index is 14.2. The number of aliphatic hydroxyl groups excluding tert-OH is 1. The van der Waals surface area contributed by atoms with Gasteiger partial charge in [0.2, 0.25) is 11.8 Å². The van der Waals surface area contributed by atoms with E-state index in [4.69, 9.17) is 15.6 Å². The highest BCUT2D eigenvalue weighted by atomic mass is 16.6. The smallest absolute Gasteiger partial charge is 0.337 e. The Morgan fingerprint density at radius 2 is 1.75 bits per heavy atom. The molecule has 0 unspecified atom stereocenters. The number of carbonyl (C=O) groups is 4. The van der Waals surface area contributed by atoms with Crippen LogP contribution in [-0.2, 0) is 39.8 Å². The molecule has 2 bridgehead atoms. The Morgan fingerprint density at radius 3 is 2.46 bits per heavy atom. The Bertz CT molecular complexity index is 1370. The minimum absolute atomic E-state index is 0.0437. The third-order valence-corrected chi connectivity index (χ3v) is 11.7. The molecule has 6 aliphatic rings. The van der Waals surface area contributed by atoms with Crippen molar-refractivity contribution in [2.45, 2.75) is 113 Å². The number of esters is 2. The topological polar surface area (TPSA) is 159 Å². The number of piperidine rings is 3. The number of fused-ring (bicyclic) bond motifs is 3. The molecule has 4 N–H and O–H groups in total. The highest BCUT2D eigenvalue weighted by molar-refractivity contribution is 5.91. The van der Waals surface area contributed by atoms with Crippen molar-refractivity contribution in [3.8, 4) is 0 Å². The summed E-state index contributed by atoms with van der Waals surface area (Å²) in [5.74, 6) is -1.72. The van der Waals surface area contributed by atoms with E-state index in [1.807, 2.05) is 12.1 Å². The first-order valence-corrected chi connectivity index (χ1v) is 19.7. The molecule has 5 aliphatic heterocycles. The zero-order valence-electron chi connectivity index (χ0n) is 31.5. The Balaban J connectivity index is 1.19. The average Bonchev–Trinajstić information content (AvgIpc) is 3.17. The van der Waals surface area contributed by atoms with Crippen LogP contribution in [-0.4, -0.2) is 134 Å². The Hall–Kier alpha value is -3.10. The fourth-order valence-electron chi connectivity index (χ4n) is 8.60. The summed E-state index contributed by atoms with van der Waals surface area (Å²) >= 11 is 0. The lowest BCUT2D eigenvalue weighted by Crippen LogP contribution is -2.62. The van der Waals surface area contributed by atoms with Crippen molar-refractivity contribution in [1.29, 1.82) is 0 Å². The second-order valence-corrected chi connectivity index (χ2v) is 15.5. The van der Waals surface area contributed by atoms with Gasteiger partial charge in [-0.2, -0.15) is 0 Å². The van der Waals surface area contributed by atoms with Crippen LogP contribution in [0.4, 0.5) is 0 Å². The molecular formula is C39H59N5O8. The van der Waals surface area contributed by atoms with Gasteiger partial charge in [-0.3, -0.25) is 19.3 Å². The summed E-state index contributed by atoms with van der Waals surface area (Å²) in [6.45, 7) is 5.56. The predicted octanol–water partition coefficient (Wildman–Crippen LogP) is 1.55. The molecule has 0 spiro atoms. The highest BCUT2D eigenvalue weighted by Gasteiger charge is 2.39. The van der Waals surface area contributed by atoms with Crippen LogP contribution in [0.25, 0.3) is 0 Å². The fourth-order valence-corrected chi connectivity index (χ4v) is 8.60. The number of carbonyl (C=O) groups excluding carboxylic acids is 4. The van der Waals surface area contributed by atoms with Crippen LogP contribution in [0.5, 0.6) is 0 Å². The van der Waals surface area contributed by atoms with E-state index in [0.717, 1.165) is 70.1 Å². The highest BCUT2D eigenvalue weighted by Crippen LogP contribution is 2.29. The zero-order chi connectivity index (χ0) is 37.2. The zero-order valence-corrected chi connectivity index (χ0v) is 30.5. The van der Waals surface area contributed by atoms with Gasteiger partial charge in [-0.25, -0.2) is 4.79 Å². The molecule has 1 aromatic carbocycles. The molecule has 1 aromatic rings. The Labute approximate surface area is 309 Å². The quantitative estimate of drug-likeness (QED) is 0.259. The molecule has 0 radical (unpaired) electrons. The van der Waals surface area contributed by atoms with Crippen LogP contribution in [0.2, 0.25) is 0 Å². The van der Waals surface area contributed by atoms with Gasteiger partial charge in [0.25, 0.3) is 0 Å². The summed E-state index contributed by atoms with van der Waals surface area (Å²) in [4.78, 5) is 59.5. The minimum atomic E-state index is -1.61. The molecule has 5 saturated heterocycles. The summed E-state index contributed by atoms with van der Waals surface area (Å²) < 4.78 is 24.9. The normalized spacial score (nSPS) is 32.4. The summed E-state index contributed by atoms with van der Waals surface area (Å²) in [7, 11) is 0.